The van der Waals surface area contributed by atoms with Crippen molar-refractivity contribution in [2.24, 2.45) is 0 Å². The minimum absolute atomic E-state index is 0. The number of carbonyl (C=O) groups excluding carboxylic acids is 1. The second-order valence-corrected chi connectivity index (χ2v) is 6.06. The topological polar surface area (TPSA) is 70.6 Å². The molecule has 2 rings (SSSR count). The number of rotatable bonds is 6. The van der Waals surface area contributed by atoms with Crippen molar-refractivity contribution in [1.82, 2.24) is 10.6 Å². The van der Waals surface area contributed by atoms with Crippen LogP contribution in [0.15, 0.2) is 24.3 Å². The number of carbonyl (C=O) groups is 1. The number of benzene rings is 1. The van der Waals surface area contributed by atoms with Crippen molar-refractivity contribution in [1.29, 1.82) is 0 Å². The van der Waals surface area contributed by atoms with Gasteiger partial charge < -0.3 is 20.5 Å². The Morgan fingerprint density at radius 3 is 2.81 bits per heavy atom. The van der Waals surface area contributed by atoms with Crippen LogP contribution in [0.1, 0.15) is 12.8 Å². The number of amides is 1. The minimum Gasteiger partial charge on any atom is -0.491 e. The van der Waals surface area contributed by atoms with Crippen molar-refractivity contribution >= 4 is 40.9 Å². The number of hydrogen-bond donors (Lipinski definition) is 3. The van der Waals surface area contributed by atoms with Crippen LogP contribution in [0.25, 0.3) is 0 Å². The molecule has 1 fully saturated rings. The van der Waals surface area contributed by atoms with E-state index in [2.05, 4.69) is 33.2 Å². The lowest BCUT2D eigenvalue weighted by atomic mass is 10.2. The molecule has 1 saturated heterocycles. The molecule has 1 aromatic carbocycles. The first-order chi connectivity index (χ1) is 9.65. The van der Waals surface area contributed by atoms with Crippen molar-refractivity contribution in [3.05, 3.63) is 27.8 Å². The van der Waals surface area contributed by atoms with Gasteiger partial charge in [0.15, 0.2) is 0 Å². The van der Waals surface area contributed by atoms with Crippen LogP contribution in [0.4, 0.5) is 0 Å². The predicted molar refractivity (Wildman–Crippen MR) is 91.9 cm³/mol. The summed E-state index contributed by atoms with van der Waals surface area (Å²) in [6.45, 7) is 1.26. The Kier molecular flexibility index (Phi) is 8.31. The second kappa shape index (κ2) is 9.45. The van der Waals surface area contributed by atoms with Crippen LogP contribution in [-0.4, -0.2) is 42.9 Å². The van der Waals surface area contributed by atoms with Crippen molar-refractivity contribution < 1.29 is 14.6 Å². The molecule has 1 aliphatic rings. The standard InChI is InChI=1S/C14H19IN2O3.ClH/c15-10-3-5-12(6-4-10)20-9-11(18)8-17-14(19)13-2-1-7-16-13;/h3-6,11,13,16,18H,1-2,7-9H2,(H,17,19);1H. The Balaban J connectivity index is 0.00000220. The third-order valence-corrected chi connectivity index (χ3v) is 3.86. The van der Waals surface area contributed by atoms with E-state index in [-0.39, 0.29) is 37.5 Å². The highest BCUT2D eigenvalue weighted by molar-refractivity contribution is 14.1. The van der Waals surface area contributed by atoms with Crippen LogP contribution in [0.5, 0.6) is 5.75 Å². The van der Waals surface area contributed by atoms with Crippen molar-refractivity contribution in [3.8, 4) is 5.75 Å². The van der Waals surface area contributed by atoms with Gasteiger partial charge in [-0.1, -0.05) is 0 Å². The van der Waals surface area contributed by atoms with E-state index < -0.39 is 6.10 Å². The highest BCUT2D eigenvalue weighted by atomic mass is 127. The quantitative estimate of drug-likeness (QED) is 0.600. The summed E-state index contributed by atoms with van der Waals surface area (Å²) in [5.41, 5.74) is 0. The highest BCUT2D eigenvalue weighted by Gasteiger charge is 2.22. The summed E-state index contributed by atoms with van der Waals surface area (Å²) in [5, 5.41) is 15.6. The fourth-order valence-corrected chi connectivity index (χ4v) is 2.39. The molecule has 2 atom stereocenters. The van der Waals surface area contributed by atoms with Crippen LogP contribution in [0.3, 0.4) is 0 Å². The number of aliphatic hydroxyl groups is 1. The summed E-state index contributed by atoms with van der Waals surface area (Å²) in [7, 11) is 0. The molecule has 0 saturated carbocycles. The lowest BCUT2D eigenvalue weighted by Crippen LogP contribution is -2.44. The zero-order chi connectivity index (χ0) is 14.4. The van der Waals surface area contributed by atoms with Gasteiger partial charge in [0.1, 0.15) is 18.5 Å². The molecule has 0 aromatic heterocycles. The molecular formula is C14H20ClIN2O3. The number of nitrogens with one attached hydrogen (secondary N) is 2. The molecule has 21 heavy (non-hydrogen) atoms. The van der Waals surface area contributed by atoms with Gasteiger partial charge in [-0.15, -0.1) is 12.4 Å². The summed E-state index contributed by atoms with van der Waals surface area (Å²) in [4.78, 5) is 11.7. The van der Waals surface area contributed by atoms with E-state index in [9.17, 15) is 9.90 Å². The maximum Gasteiger partial charge on any atom is 0.237 e. The molecule has 0 radical (unpaired) electrons. The molecule has 118 valence electrons. The summed E-state index contributed by atoms with van der Waals surface area (Å²) in [6.07, 6.45) is 1.18. The van der Waals surface area contributed by atoms with Crippen molar-refractivity contribution in [3.63, 3.8) is 0 Å². The van der Waals surface area contributed by atoms with E-state index in [0.29, 0.717) is 5.75 Å². The van der Waals surface area contributed by atoms with Crippen LogP contribution < -0.4 is 15.4 Å². The smallest absolute Gasteiger partial charge is 0.237 e. The van der Waals surface area contributed by atoms with Crippen molar-refractivity contribution in [2.75, 3.05) is 19.7 Å². The average molecular weight is 427 g/mol. The van der Waals surface area contributed by atoms with Gasteiger partial charge in [0, 0.05) is 10.1 Å². The zero-order valence-electron chi connectivity index (χ0n) is 11.5. The van der Waals surface area contributed by atoms with Crippen LogP contribution >= 0.6 is 35.0 Å². The third kappa shape index (κ3) is 6.37. The van der Waals surface area contributed by atoms with Gasteiger partial charge in [-0.25, -0.2) is 0 Å². The number of ether oxygens (including phenoxy) is 1. The normalized spacial score (nSPS) is 18.7. The second-order valence-electron chi connectivity index (χ2n) is 4.81. The van der Waals surface area contributed by atoms with Crippen LogP contribution in [0.2, 0.25) is 0 Å². The summed E-state index contributed by atoms with van der Waals surface area (Å²) in [6, 6.07) is 7.48. The SMILES string of the molecule is Cl.O=C(NCC(O)COc1ccc(I)cc1)C1CCCN1. The number of halogens is 2. The first-order valence-corrected chi connectivity index (χ1v) is 7.80. The monoisotopic (exact) mass is 426 g/mol. The van der Waals surface area contributed by atoms with E-state index in [1.165, 1.54) is 0 Å². The van der Waals surface area contributed by atoms with Gasteiger partial charge in [0.05, 0.1) is 6.04 Å². The third-order valence-electron chi connectivity index (χ3n) is 3.14. The van der Waals surface area contributed by atoms with Gasteiger partial charge in [0.25, 0.3) is 0 Å². The molecule has 1 aliphatic heterocycles. The molecular weight excluding hydrogens is 407 g/mol. The maximum absolute atomic E-state index is 11.7. The van der Waals surface area contributed by atoms with E-state index in [1.807, 2.05) is 24.3 Å². The molecule has 1 amide bonds. The molecule has 7 heteroatoms. The molecule has 0 aliphatic carbocycles. The first-order valence-electron chi connectivity index (χ1n) is 6.72. The van der Waals surface area contributed by atoms with E-state index >= 15 is 0 Å². The molecule has 2 unspecified atom stereocenters. The number of aliphatic hydroxyl groups excluding tert-OH is 1. The van der Waals surface area contributed by atoms with Gasteiger partial charge in [-0.3, -0.25) is 4.79 Å². The molecule has 3 N–H and O–H groups in total. The maximum atomic E-state index is 11.7. The Labute approximate surface area is 144 Å². The van der Waals surface area contributed by atoms with Gasteiger partial charge >= 0.3 is 0 Å². The Morgan fingerprint density at radius 1 is 1.48 bits per heavy atom. The van der Waals surface area contributed by atoms with E-state index in [1.54, 1.807) is 0 Å². The highest BCUT2D eigenvalue weighted by Crippen LogP contribution is 2.13. The fraction of sp³-hybridized carbons (Fsp3) is 0.500. The van der Waals surface area contributed by atoms with E-state index in [0.717, 1.165) is 23.0 Å². The minimum atomic E-state index is -0.709. The molecule has 0 spiro atoms. The Hall–Kier alpha value is -0.570. The molecule has 1 heterocycles. The fourth-order valence-electron chi connectivity index (χ4n) is 2.03. The summed E-state index contributed by atoms with van der Waals surface area (Å²) < 4.78 is 6.59. The lowest BCUT2D eigenvalue weighted by molar-refractivity contribution is -0.123. The first kappa shape index (κ1) is 18.5. The lowest BCUT2D eigenvalue weighted by Gasteiger charge is -2.15. The van der Waals surface area contributed by atoms with E-state index in [4.69, 9.17) is 4.74 Å². The molecule has 1 aromatic rings. The van der Waals surface area contributed by atoms with Gasteiger partial charge in [-0.05, 0) is 66.2 Å². The zero-order valence-corrected chi connectivity index (χ0v) is 14.5. The summed E-state index contributed by atoms with van der Waals surface area (Å²) in [5.74, 6) is 0.670. The summed E-state index contributed by atoms with van der Waals surface area (Å²) >= 11 is 2.22. The Bertz CT molecular complexity index is 438. The number of hydrogen-bond acceptors (Lipinski definition) is 4. The Morgan fingerprint density at radius 2 is 2.19 bits per heavy atom. The molecule has 5 nitrogen and oxygen atoms in total. The molecule has 0 bridgehead atoms. The van der Waals surface area contributed by atoms with Gasteiger partial charge in [0.2, 0.25) is 5.91 Å². The predicted octanol–water partition coefficient (Wildman–Crippen LogP) is 1.32. The largest absolute Gasteiger partial charge is 0.491 e. The van der Waals surface area contributed by atoms with Crippen LogP contribution in [0, 0.1) is 3.57 Å². The van der Waals surface area contributed by atoms with Crippen molar-refractivity contribution in [2.45, 2.75) is 25.0 Å². The average Bonchev–Trinajstić information content (AvgIpc) is 2.98. The van der Waals surface area contributed by atoms with Gasteiger partial charge in [-0.2, -0.15) is 0 Å². The van der Waals surface area contributed by atoms with Crippen LogP contribution in [-0.2, 0) is 4.79 Å².